The quantitative estimate of drug-likeness (QED) is 0.322. The topological polar surface area (TPSA) is 108 Å². The van der Waals surface area contributed by atoms with Gasteiger partial charge in [-0.15, -0.1) is 11.3 Å². The van der Waals surface area contributed by atoms with Gasteiger partial charge in [-0.2, -0.15) is 0 Å². The number of anilines is 1. The Labute approximate surface area is 176 Å². The van der Waals surface area contributed by atoms with Crippen molar-refractivity contribution in [1.29, 1.82) is 0 Å². The van der Waals surface area contributed by atoms with E-state index in [0.717, 1.165) is 5.56 Å². The molecular formula is C21H18N2O6S. The van der Waals surface area contributed by atoms with Crippen LogP contribution in [0.1, 0.15) is 17.3 Å². The number of amides is 1. The van der Waals surface area contributed by atoms with Crippen molar-refractivity contribution in [2.75, 3.05) is 18.5 Å². The van der Waals surface area contributed by atoms with Gasteiger partial charge in [0.15, 0.2) is 12.4 Å². The molecule has 0 aliphatic rings. The molecule has 1 N–H and O–H groups in total. The van der Waals surface area contributed by atoms with Gasteiger partial charge in [0.2, 0.25) is 0 Å². The number of rotatable bonds is 8. The maximum absolute atomic E-state index is 12.5. The Bertz CT molecular complexity index is 1060. The first-order valence-corrected chi connectivity index (χ1v) is 9.89. The van der Waals surface area contributed by atoms with E-state index in [1.165, 1.54) is 29.5 Å². The van der Waals surface area contributed by atoms with Crippen LogP contribution in [0.15, 0.2) is 60.0 Å². The number of nitrogens with one attached hydrogen (secondary N) is 1. The monoisotopic (exact) mass is 426 g/mol. The number of ether oxygens (including phenoxy) is 2. The summed E-state index contributed by atoms with van der Waals surface area (Å²) in [5.41, 5.74) is 1.48. The highest BCUT2D eigenvalue weighted by molar-refractivity contribution is 7.15. The summed E-state index contributed by atoms with van der Waals surface area (Å²) in [7, 11) is 0. The van der Waals surface area contributed by atoms with Crippen LogP contribution >= 0.6 is 11.3 Å². The molecule has 3 rings (SSSR count). The number of benzene rings is 2. The maximum Gasteiger partial charge on any atom is 0.341 e. The third kappa shape index (κ3) is 4.81. The summed E-state index contributed by atoms with van der Waals surface area (Å²) in [5, 5.41) is 15.8. The number of nitrogens with zero attached hydrogens (tertiary/aromatic N) is 1. The standard InChI is InChI=1S/C21H18N2O6S/c1-2-28-21(25)19-15(14-8-4-3-5-9-14)13-30-20(19)22-18(24)12-29-17-11-7-6-10-16(17)23(26)27/h3-11,13H,2,12H2,1H3,(H,22,24). The van der Waals surface area contributed by atoms with Crippen LogP contribution in [-0.4, -0.2) is 30.0 Å². The van der Waals surface area contributed by atoms with E-state index in [2.05, 4.69) is 5.32 Å². The molecule has 1 amide bonds. The van der Waals surface area contributed by atoms with E-state index in [9.17, 15) is 19.7 Å². The normalized spacial score (nSPS) is 10.3. The third-order valence-electron chi connectivity index (χ3n) is 4.03. The zero-order chi connectivity index (χ0) is 21.5. The fourth-order valence-electron chi connectivity index (χ4n) is 2.72. The molecule has 0 fully saturated rings. The summed E-state index contributed by atoms with van der Waals surface area (Å²) in [6, 6.07) is 15.1. The van der Waals surface area contributed by atoms with Crippen LogP contribution in [-0.2, 0) is 9.53 Å². The molecule has 8 nitrogen and oxygen atoms in total. The number of esters is 1. The second-order valence-corrected chi connectivity index (χ2v) is 6.88. The molecule has 0 unspecified atom stereocenters. The number of hydrogen-bond acceptors (Lipinski definition) is 7. The van der Waals surface area contributed by atoms with Crippen molar-refractivity contribution in [3.05, 3.63) is 75.7 Å². The molecule has 3 aromatic rings. The zero-order valence-electron chi connectivity index (χ0n) is 16.0. The Balaban J connectivity index is 1.79. The van der Waals surface area contributed by atoms with Crippen molar-refractivity contribution in [1.82, 2.24) is 0 Å². The molecule has 9 heteroatoms. The molecule has 0 radical (unpaired) electrons. The van der Waals surface area contributed by atoms with Crippen LogP contribution in [0.25, 0.3) is 11.1 Å². The molecule has 154 valence electrons. The molecule has 0 saturated heterocycles. The van der Waals surface area contributed by atoms with Crippen molar-refractivity contribution in [2.45, 2.75) is 6.92 Å². The summed E-state index contributed by atoms with van der Waals surface area (Å²) in [6.45, 7) is 1.44. The first-order chi connectivity index (χ1) is 14.5. The van der Waals surface area contributed by atoms with Crippen LogP contribution in [0.4, 0.5) is 10.7 Å². The van der Waals surface area contributed by atoms with Crippen molar-refractivity contribution >= 4 is 33.9 Å². The van der Waals surface area contributed by atoms with E-state index in [1.54, 1.807) is 18.4 Å². The average molecular weight is 426 g/mol. The Morgan fingerprint density at radius 1 is 1.10 bits per heavy atom. The summed E-state index contributed by atoms with van der Waals surface area (Å²) < 4.78 is 10.5. The second-order valence-electron chi connectivity index (χ2n) is 6.00. The Morgan fingerprint density at radius 3 is 2.50 bits per heavy atom. The van der Waals surface area contributed by atoms with Gasteiger partial charge in [0.05, 0.1) is 11.5 Å². The fraction of sp³-hybridized carbons (Fsp3) is 0.143. The third-order valence-corrected chi connectivity index (χ3v) is 4.92. The highest BCUT2D eigenvalue weighted by atomic mass is 32.1. The van der Waals surface area contributed by atoms with Crippen LogP contribution in [0.5, 0.6) is 5.75 Å². The van der Waals surface area contributed by atoms with Gasteiger partial charge in [0.25, 0.3) is 5.91 Å². The van der Waals surface area contributed by atoms with Crippen molar-refractivity contribution < 1.29 is 24.0 Å². The number of nitro benzene ring substituents is 1. The van der Waals surface area contributed by atoms with Crippen LogP contribution in [0, 0.1) is 10.1 Å². The minimum Gasteiger partial charge on any atom is -0.477 e. The number of para-hydroxylation sites is 2. The molecule has 0 spiro atoms. The molecule has 0 atom stereocenters. The molecule has 0 aliphatic carbocycles. The van der Waals surface area contributed by atoms with Crippen molar-refractivity contribution in [3.63, 3.8) is 0 Å². The van der Waals surface area contributed by atoms with Gasteiger partial charge in [-0.3, -0.25) is 14.9 Å². The minimum atomic E-state index is -0.586. The van der Waals surface area contributed by atoms with Crippen LogP contribution in [0.3, 0.4) is 0 Å². The van der Waals surface area contributed by atoms with E-state index in [1.807, 2.05) is 30.3 Å². The molecule has 0 bridgehead atoms. The number of hydrogen-bond donors (Lipinski definition) is 1. The van der Waals surface area contributed by atoms with Gasteiger partial charge in [-0.1, -0.05) is 42.5 Å². The van der Waals surface area contributed by atoms with E-state index in [0.29, 0.717) is 10.6 Å². The summed E-state index contributed by atoms with van der Waals surface area (Å²) in [5.74, 6) is -1.12. The molecule has 1 aromatic heterocycles. The summed E-state index contributed by atoms with van der Waals surface area (Å²) >= 11 is 1.19. The van der Waals surface area contributed by atoms with Gasteiger partial charge in [-0.05, 0) is 18.6 Å². The summed E-state index contributed by atoms with van der Waals surface area (Å²) in [4.78, 5) is 35.4. The van der Waals surface area contributed by atoms with Gasteiger partial charge in [0.1, 0.15) is 10.6 Å². The molecule has 30 heavy (non-hydrogen) atoms. The predicted octanol–water partition coefficient (Wildman–Crippen LogP) is 4.52. The first-order valence-electron chi connectivity index (χ1n) is 9.01. The van der Waals surface area contributed by atoms with Gasteiger partial charge < -0.3 is 14.8 Å². The SMILES string of the molecule is CCOC(=O)c1c(-c2ccccc2)csc1NC(=O)COc1ccccc1[N+](=O)[O-]. The maximum atomic E-state index is 12.5. The van der Waals surface area contributed by atoms with Gasteiger partial charge in [-0.25, -0.2) is 4.79 Å². The lowest BCUT2D eigenvalue weighted by Crippen LogP contribution is -2.21. The van der Waals surface area contributed by atoms with Crippen molar-refractivity contribution in [2.24, 2.45) is 0 Å². The van der Waals surface area contributed by atoms with Crippen LogP contribution in [0.2, 0.25) is 0 Å². The lowest BCUT2D eigenvalue weighted by Gasteiger charge is -2.10. The largest absolute Gasteiger partial charge is 0.477 e. The molecular weight excluding hydrogens is 408 g/mol. The van der Waals surface area contributed by atoms with Gasteiger partial charge >= 0.3 is 11.7 Å². The average Bonchev–Trinajstić information content (AvgIpc) is 3.16. The second kappa shape index (κ2) is 9.66. The number of nitro groups is 1. The fourth-order valence-corrected chi connectivity index (χ4v) is 3.70. The van der Waals surface area contributed by atoms with E-state index in [4.69, 9.17) is 9.47 Å². The lowest BCUT2D eigenvalue weighted by molar-refractivity contribution is -0.385. The zero-order valence-corrected chi connectivity index (χ0v) is 16.8. The Kier molecular flexibility index (Phi) is 6.76. The highest BCUT2D eigenvalue weighted by Gasteiger charge is 2.23. The van der Waals surface area contributed by atoms with E-state index < -0.39 is 23.4 Å². The van der Waals surface area contributed by atoms with E-state index >= 15 is 0 Å². The Morgan fingerprint density at radius 2 is 1.80 bits per heavy atom. The van der Waals surface area contributed by atoms with Gasteiger partial charge in [0, 0.05) is 17.0 Å². The van der Waals surface area contributed by atoms with Crippen LogP contribution < -0.4 is 10.1 Å². The number of carbonyl (C=O) groups is 2. The summed E-state index contributed by atoms with van der Waals surface area (Å²) in [6.07, 6.45) is 0. The number of carbonyl (C=O) groups excluding carboxylic acids is 2. The predicted molar refractivity (Wildman–Crippen MR) is 113 cm³/mol. The first kappa shape index (κ1) is 21.0. The number of thiophene rings is 1. The molecule has 1 heterocycles. The van der Waals surface area contributed by atoms with Crippen molar-refractivity contribution in [3.8, 4) is 16.9 Å². The molecule has 0 aliphatic heterocycles. The highest BCUT2D eigenvalue weighted by Crippen LogP contribution is 2.36. The molecule has 2 aromatic carbocycles. The molecule has 0 saturated carbocycles. The van der Waals surface area contributed by atoms with E-state index in [-0.39, 0.29) is 23.6 Å². The smallest absolute Gasteiger partial charge is 0.341 e. The Hall–Kier alpha value is -3.72. The lowest BCUT2D eigenvalue weighted by atomic mass is 10.0. The minimum absolute atomic E-state index is 0.0144.